The Morgan fingerprint density at radius 2 is 2.04 bits per heavy atom. The van der Waals surface area contributed by atoms with E-state index < -0.39 is 5.91 Å². The number of ether oxygens (including phenoxy) is 1. The van der Waals surface area contributed by atoms with Crippen molar-refractivity contribution in [2.24, 2.45) is 17.6 Å². The van der Waals surface area contributed by atoms with Gasteiger partial charge in [0.05, 0.1) is 0 Å². The van der Waals surface area contributed by atoms with Gasteiger partial charge in [0.15, 0.2) is 0 Å². The van der Waals surface area contributed by atoms with Crippen molar-refractivity contribution in [3.8, 4) is 0 Å². The molecule has 2 saturated heterocycles. The SMILES string of the molecule is CO[C@]1(c2cccc(C(N)=O)c2)[C@@H]2CCC[C@H]1CN(CCN1CCNC1=O)C2. The maximum absolute atomic E-state index is 11.8. The molecule has 7 nitrogen and oxygen atoms in total. The van der Waals surface area contributed by atoms with Crippen LogP contribution in [0.3, 0.4) is 0 Å². The number of piperidine rings is 1. The highest BCUT2D eigenvalue weighted by atomic mass is 16.5. The molecule has 152 valence electrons. The molecule has 0 aromatic heterocycles. The van der Waals surface area contributed by atoms with Crippen LogP contribution in [0.15, 0.2) is 24.3 Å². The molecule has 0 radical (unpaired) electrons. The zero-order chi connectivity index (χ0) is 19.7. The first-order valence-corrected chi connectivity index (χ1v) is 10.2. The van der Waals surface area contributed by atoms with Gasteiger partial charge in [-0.25, -0.2) is 4.79 Å². The Hall–Kier alpha value is -2.12. The summed E-state index contributed by atoms with van der Waals surface area (Å²) in [7, 11) is 1.80. The standard InChI is InChI=1S/C21H30N4O3/c1-28-21(16-5-2-4-15(12-16)19(22)26)17-6-3-7-18(21)14-24(13-17)10-11-25-9-8-23-20(25)27/h2,4-5,12,17-18H,3,6-11,13-14H2,1H3,(H2,22,26)(H,23,27)/t17-,18+,21-. The lowest BCUT2D eigenvalue weighted by atomic mass is 9.62. The van der Waals surface area contributed by atoms with Crippen molar-refractivity contribution < 1.29 is 14.3 Å². The van der Waals surface area contributed by atoms with Gasteiger partial charge in [-0.15, -0.1) is 0 Å². The van der Waals surface area contributed by atoms with Crippen LogP contribution < -0.4 is 11.1 Å². The fourth-order valence-electron chi connectivity index (χ4n) is 5.53. The Morgan fingerprint density at radius 3 is 2.64 bits per heavy atom. The normalized spacial score (nSPS) is 30.3. The number of amides is 3. The minimum Gasteiger partial charge on any atom is -0.373 e. The van der Waals surface area contributed by atoms with Gasteiger partial charge in [0.2, 0.25) is 5.91 Å². The van der Waals surface area contributed by atoms with Gasteiger partial charge >= 0.3 is 6.03 Å². The van der Waals surface area contributed by atoms with Gasteiger partial charge in [-0.1, -0.05) is 18.6 Å². The lowest BCUT2D eigenvalue weighted by Crippen LogP contribution is -2.59. The van der Waals surface area contributed by atoms with Crippen molar-refractivity contribution in [3.05, 3.63) is 35.4 Å². The summed E-state index contributed by atoms with van der Waals surface area (Å²) in [5.74, 6) is 0.320. The van der Waals surface area contributed by atoms with Crippen molar-refractivity contribution in [3.63, 3.8) is 0 Å². The highest BCUT2D eigenvalue weighted by molar-refractivity contribution is 5.92. The molecule has 3 atom stereocenters. The first-order valence-electron chi connectivity index (χ1n) is 10.2. The number of likely N-dealkylation sites (tertiary alicyclic amines) is 1. The number of methoxy groups -OCH3 is 1. The van der Waals surface area contributed by atoms with Crippen LogP contribution in [0.25, 0.3) is 0 Å². The Kier molecular flexibility index (Phi) is 5.29. The lowest BCUT2D eigenvalue weighted by molar-refractivity contribution is -0.169. The molecule has 4 rings (SSSR count). The summed E-state index contributed by atoms with van der Waals surface area (Å²) in [5.41, 5.74) is 6.76. The second kappa shape index (κ2) is 7.72. The van der Waals surface area contributed by atoms with Crippen molar-refractivity contribution >= 4 is 11.9 Å². The number of rotatable bonds is 6. The molecule has 7 heteroatoms. The maximum Gasteiger partial charge on any atom is 0.317 e. The van der Waals surface area contributed by atoms with Crippen LogP contribution in [-0.4, -0.2) is 68.1 Å². The summed E-state index contributed by atoms with van der Waals surface area (Å²) in [6, 6.07) is 7.71. The van der Waals surface area contributed by atoms with Gasteiger partial charge in [-0.2, -0.15) is 0 Å². The highest BCUT2D eigenvalue weighted by Gasteiger charge is 2.53. The number of hydrogen-bond acceptors (Lipinski definition) is 4. The molecular weight excluding hydrogens is 356 g/mol. The smallest absolute Gasteiger partial charge is 0.317 e. The zero-order valence-electron chi connectivity index (χ0n) is 16.5. The molecule has 1 aliphatic carbocycles. The number of benzene rings is 1. The van der Waals surface area contributed by atoms with E-state index in [-0.39, 0.29) is 11.6 Å². The summed E-state index contributed by atoms with van der Waals surface area (Å²) in [5, 5.41) is 2.87. The van der Waals surface area contributed by atoms with Gasteiger partial charge < -0.3 is 25.6 Å². The van der Waals surface area contributed by atoms with E-state index in [9.17, 15) is 9.59 Å². The third-order valence-electron chi connectivity index (χ3n) is 6.84. The van der Waals surface area contributed by atoms with E-state index in [0.717, 1.165) is 57.7 Å². The number of nitrogens with one attached hydrogen (secondary N) is 1. The third-order valence-corrected chi connectivity index (χ3v) is 6.84. The van der Waals surface area contributed by atoms with Crippen LogP contribution in [-0.2, 0) is 10.3 Å². The van der Waals surface area contributed by atoms with E-state index in [0.29, 0.717) is 17.4 Å². The molecule has 3 N–H and O–H groups in total. The number of nitrogens with two attached hydrogens (primary N) is 1. The van der Waals surface area contributed by atoms with E-state index in [1.807, 2.05) is 17.0 Å². The van der Waals surface area contributed by atoms with Crippen molar-refractivity contribution in [1.29, 1.82) is 0 Å². The number of carbonyl (C=O) groups is 2. The number of primary amides is 1. The minimum atomic E-state index is -0.403. The monoisotopic (exact) mass is 386 g/mol. The summed E-state index contributed by atoms with van der Waals surface area (Å²) >= 11 is 0. The fraction of sp³-hybridized carbons (Fsp3) is 0.619. The average Bonchev–Trinajstić information content (AvgIpc) is 3.10. The molecule has 3 aliphatic rings. The topological polar surface area (TPSA) is 87.9 Å². The molecule has 0 unspecified atom stereocenters. The maximum atomic E-state index is 11.8. The first kappa shape index (κ1) is 19.2. The van der Waals surface area contributed by atoms with Gasteiger partial charge in [0.25, 0.3) is 0 Å². The van der Waals surface area contributed by atoms with Gasteiger partial charge in [0.1, 0.15) is 5.60 Å². The predicted molar refractivity (Wildman–Crippen MR) is 106 cm³/mol. The quantitative estimate of drug-likeness (QED) is 0.773. The molecule has 1 aromatic carbocycles. The minimum absolute atomic E-state index is 0.0479. The molecule has 2 bridgehead atoms. The van der Waals surface area contributed by atoms with E-state index in [2.05, 4.69) is 16.3 Å². The van der Waals surface area contributed by atoms with Crippen molar-refractivity contribution in [1.82, 2.24) is 15.1 Å². The number of urea groups is 1. The largest absolute Gasteiger partial charge is 0.373 e. The van der Waals surface area contributed by atoms with Crippen LogP contribution in [0.4, 0.5) is 4.79 Å². The predicted octanol–water partition coefficient (Wildman–Crippen LogP) is 1.38. The van der Waals surface area contributed by atoms with Gasteiger partial charge in [-0.05, 0) is 30.5 Å². The van der Waals surface area contributed by atoms with Crippen LogP contribution >= 0.6 is 0 Å². The number of fused-ring (bicyclic) bond motifs is 2. The number of hydrogen-bond donors (Lipinski definition) is 2. The van der Waals surface area contributed by atoms with E-state index in [1.165, 1.54) is 6.42 Å². The van der Waals surface area contributed by atoms with Gasteiger partial charge in [0, 0.05) is 63.8 Å². The summed E-state index contributed by atoms with van der Waals surface area (Å²) in [6.45, 7) is 5.08. The highest BCUT2D eigenvalue weighted by Crippen LogP contribution is 2.51. The van der Waals surface area contributed by atoms with Crippen LogP contribution in [0.2, 0.25) is 0 Å². The van der Waals surface area contributed by atoms with Gasteiger partial charge in [-0.3, -0.25) is 4.79 Å². The Balaban J connectivity index is 1.54. The van der Waals surface area contributed by atoms with Crippen molar-refractivity contribution in [2.75, 3.05) is 46.4 Å². The molecule has 1 saturated carbocycles. The first-order chi connectivity index (χ1) is 13.5. The Labute approximate surface area is 166 Å². The second-order valence-electron chi connectivity index (χ2n) is 8.25. The summed E-state index contributed by atoms with van der Waals surface area (Å²) in [6.07, 6.45) is 3.41. The summed E-state index contributed by atoms with van der Waals surface area (Å²) in [4.78, 5) is 27.9. The van der Waals surface area contributed by atoms with E-state index in [1.54, 1.807) is 13.2 Å². The van der Waals surface area contributed by atoms with Crippen LogP contribution in [0, 0.1) is 11.8 Å². The number of nitrogens with zero attached hydrogens (tertiary/aromatic N) is 2. The van der Waals surface area contributed by atoms with E-state index in [4.69, 9.17) is 10.5 Å². The molecule has 0 spiro atoms. The van der Waals surface area contributed by atoms with Crippen molar-refractivity contribution in [2.45, 2.75) is 24.9 Å². The fourth-order valence-corrected chi connectivity index (χ4v) is 5.53. The lowest BCUT2D eigenvalue weighted by Gasteiger charge is -2.55. The molecule has 2 heterocycles. The number of carbonyl (C=O) groups excluding carboxylic acids is 2. The average molecular weight is 386 g/mol. The molecule has 2 aliphatic heterocycles. The Morgan fingerprint density at radius 1 is 1.29 bits per heavy atom. The van der Waals surface area contributed by atoms with Crippen LogP contribution in [0.5, 0.6) is 0 Å². The Bertz CT molecular complexity index is 739. The zero-order valence-corrected chi connectivity index (χ0v) is 16.5. The molecular formula is C21H30N4O3. The van der Waals surface area contributed by atoms with Crippen LogP contribution in [0.1, 0.15) is 35.2 Å². The molecule has 3 amide bonds. The molecule has 3 fully saturated rings. The second-order valence-corrected chi connectivity index (χ2v) is 8.25. The van der Waals surface area contributed by atoms with E-state index >= 15 is 0 Å². The third kappa shape index (κ3) is 3.26. The molecule has 1 aromatic rings. The summed E-state index contributed by atoms with van der Waals surface area (Å²) < 4.78 is 6.26. The molecule has 28 heavy (non-hydrogen) atoms.